The van der Waals surface area contributed by atoms with Gasteiger partial charge in [-0.1, -0.05) is 30.3 Å². The quantitative estimate of drug-likeness (QED) is 0.612. The van der Waals surface area contributed by atoms with Crippen molar-refractivity contribution in [2.75, 3.05) is 33.4 Å². The molecular formula is C20H27NO4. The standard InChI is InChI=1S/C20H27NO4/c1-21(15-18(23)16-25-19-6-3-2-4-7-19)14-17-8-10-20(11-9-17)24-13-5-12-22/h2-4,6-11,18,22-23H,5,12-16H2,1H3. The van der Waals surface area contributed by atoms with Crippen LogP contribution in [0.1, 0.15) is 12.0 Å². The third kappa shape index (κ3) is 7.56. The van der Waals surface area contributed by atoms with E-state index in [1.807, 2.05) is 61.6 Å². The fraction of sp³-hybridized carbons (Fsp3) is 0.400. The molecule has 5 nitrogen and oxygen atoms in total. The average Bonchev–Trinajstić information content (AvgIpc) is 2.62. The maximum atomic E-state index is 10.1. The van der Waals surface area contributed by atoms with Crippen LogP contribution in [0.15, 0.2) is 54.6 Å². The number of benzene rings is 2. The highest BCUT2D eigenvalue weighted by Gasteiger charge is 2.10. The SMILES string of the molecule is CN(Cc1ccc(OCCCO)cc1)CC(O)COc1ccccc1. The summed E-state index contributed by atoms with van der Waals surface area (Å²) in [6, 6.07) is 17.4. The van der Waals surface area contributed by atoms with Gasteiger partial charge in [-0.05, 0) is 36.9 Å². The van der Waals surface area contributed by atoms with E-state index in [4.69, 9.17) is 14.6 Å². The normalized spacial score (nSPS) is 12.2. The summed E-state index contributed by atoms with van der Waals surface area (Å²) in [6.07, 6.45) is 0.0826. The maximum Gasteiger partial charge on any atom is 0.119 e. The molecule has 1 atom stereocenters. The Morgan fingerprint density at radius 2 is 1.64 bits per heavy atom. The highest BCUT2D eigenvalue weighted by atomic mass is 16.5. The Morgan fingerprint density at radius 3 is 2.32 bits per heavy atom. The lowest BCUT2D eigenvalue weighted by molar-refractivity contribution is 0.0744. The molecule has 136 valence electrons. The zero-order valence-corrected chi connectivity index (χ0v) is 14.7. The lowest BCUT2D eigenvalue weighted by atomic mass is 10.2. The molecule has 0 radical (unpaired) electrons. The lowest BCUT2D eigenvalue weighted by Gasteiger charge is -2.21. The fourth-order valence-corrected chi connectivity index (χ4v) is 2.44. The molecule has 0 aromatic heterocycles. The minimum Gasteiger partial charge on any atom is -0.494 e. The molecule has 1 unspecified atom stereocenters. The molecule has 0 aliphatic carbocycles. The third-order valence-corrected chi connectivity index (χ3v) is 3.66. The van der Waals surface area contributed by atoms with Crippen molar-refractivity contribution >= 4 is 0 Å². The van der Waals surface area contributed by atoms with Crippen LogP contribution in [-0.4, -0.2) is 54.6 Å². The number of hydrogen-bond donors (Lipinski definition) is 2. The predicted molar refractivity (Wildman–Crippen MR) is 97.9 cm³/mol. The van der Waals surface area contributed by atoms with Gasteiger partial charge in [-0.25, -0.2) is 0 Å². The van der Waals surface area contributed by atoms with Crippen LogP contribution in [0.2, 0.25) is 0 Å². The maximum absolute atomic E-state index is 10.1. The lowest BCUT2D eigenvalue weighted by Crippen LogP contribution is -2.32. The Balaban J connectivity index is 1.70. The van der Waals surface area contributed by atoms with E-state index < -0.39 is 6.10 Å². The fourth-order valence-electron chi connectivity index (χ4n) is 2.44. The summed E-state index contributed by atoms with van der Waals surface area (Å²) in [6.45, 7) is 2.19. The van der Waals surface area contributed by atoms with Gasteiger partial charge in [0.2, 0.25) is 0 Å². The third-order valence-electron chi connectivity index (χ3n) is 3.66. The molecule has 0 aliphatic heterocycles. The molecule has 2 N–H and O–H groups in total. The number of rotatable bonds is 11. The van der Waals surface area contributed by atoms with E-state index in [0.717, 1.165) is 23.6 Å². The van der Waals surface area contributed by atoms with Crippen molar-refractivity contribution in [2.45, 2.75) is 19.1 Å². The number of likely N-dealkylation sites (N-methyl/N-ethyl adjacent to an activating group) is 1. The molecule has 0 saturated carbocycles. The van der Waals surface area contributed by atoms with Crippen molar-refractivity contribution < 1.29 is 19.7 Å². The Morgan fingerprint density at radius 1 is 0.960 bits per heavy atom. The van der Waals surface area contributed by atoms with E-state index in [1.54, 1.807) is 0 Å². The first kappa shape index (κ1) is 19.2. The summed E-state index contributed by atoms with van der Waals surface area (Å²) in [5.41, 5.74) is 1.15. The predicted octanol–water partition coefficient (Wildman–Crippen LogP) is 2.32. The monoisotopic (exact) mass is 345 g/mol. The van der Waals surface area contributed by atoms with Crippen LogP contribution in [0, 0.1) is 0 Å². The molecule has 25 heavy (non-hydrogen) atoms. The molecule has 0 aliphatic rings. The molecule has 0 bridgehead atoms. The van der Waals surface area contributed by atoms with Gasteiger partial charge in [0.05, 0.1) is 6.61 Å². The van der Waals surface area contributed by atoms with Crippen molar-refractivity contribution in [3.63, 3.8) is 0 Å². The number of para-hydroxylation sites is 1. The number of hydrogen-bond acceptors (Lipinski definition) is 5. The molecule has 0 amide bonds. The van der Waals surface area contributed by atoms with Gasteiger partial charge in [0.1, 0.15) is 24.2 Å². The summed E-state index contributed by atoms with van der Waals surface area (Å²) in [5.74, 6) is 1.57. The van der Waals surface area contributed by atoms with Gasteiger partial charge in [0.15, 0.2) is 0 Å². The first-order valence-corrected chi connectivity index (χ1v) is 8.54. The van der Waals surface area contributed by atoms with Crippen LogP contribution in [-0.2, 0) is 6.54 Å². The van der Waals surface area contributed by atoms with Crippen LogP contribution >= 0.6 is 0 Å². The van der Waals surface area contributed by atoms with Gasteiger partial charge < -0.3 is 19.7 Å². The van der Waals surface area contributed by atoms with Gasteiger partial charge in [0, 0.05) is 26.1 Å². The second kappa shape index (κ2) is 10.7. The summed E-state index contributed by atoms with van der Waals surface area (Å²) in [7, 11) is 1.97. The van der Waals surface area contributed by atoms with Crippen LogP contribution in [0.5, 0.6) is 11.5 Å². The van der Waals surface area contributed by atoms with Gasteiger partial charge in [-0.15, -0.1) is 0 Å². The molecule has 5 heteroatoms. The average molecular weight is 345 g/mol. The Bertz CT molecular complexity index is 588. The number of nitrogens with zero attached hydrogens (tertiary/aromatic N) is 1. The molecule has 2 aromatic carbocycles. The Labute approximate surface area is 149 Å². The molecular weight excluding hydrogens is 318 g/mol. The van der Waals surface area contributed by atoms with Gasteiger partial charge >= 0.3 is 0 Å². The number of aliphatic hydroxyl groups excluding tert-OH is 2. The second-order valence-corrected chi connectivity index (χ2v) is 6.04. The van der Waals surface area contributed by atoms with Crippen molar-refractivity contribution in [1.82, 2.24) is 4.90 Å². The van der Waals surface area contributed by atoms with Crippen LogP contribution in [0.25, 0.3) is 0 Å². The van der Waals surface area contributed by atoms with Crippen molar-refractivity contribution in [3.8, 4) is 11.5 Å². The van der Waals surface area contributed by atoms with E-state index in [-0.39, 0.29) is 13.2 Å². The van der Waals surface area contributed by atoms with E-state index in [2.05, 4.69) is 4.90 Å². The Hall–Kier alpha value is -2.08. The molecule has 0 saturated heterocycles. The van der Waals surface area contributed by atoms with Crippen LogP contribution in [0.4, 0.5) is 0 Å². The topological polar surface area (TPSA) is 62.2 Å². The second-order valence-electron chi connectivity index (χ2n) is 6.04. The molecule has 2 aromatic rings. The van der Waals surface area contributed by atoms with Gasteiger partial charge in [-0.2, -0.15) is 0 Å². The van der Waals surface area contributed by atoms with Crippen molar-refractivity contribution in [2.24, 2.45) is 0 Å². The highest BCUT2D eigenvalue weighted by molar-refractivity contribution is 5.27. The van der Waals surface area contributed by atoms with E-state index in [1.165, 1.54) is 0 Å². The summed E-state index contributed by atoms with van der Waals surface area (Å²) in [5, 5.41) is 18.9. The smallest absolute Gasteiger partial charge is 0.119 e. The molecule has 0 spiro atoms. The minimum atomic E-state index is -0.550. The van der Waals surface area contributed by atoms with Crippen molar-refractivity contribution in [3.05, 3.63) is 60.2 Å². The summed E-state index contributed by atoms with van der Waals surface area (Å²) in [4.78, 5) is 2.06. The van der Waals surface area contributed by atoms with E-state index >= 15 is 0 Å². The molecule has 2 rings (SSSR count). The molecule has 0 fully saturated rings. The largest absolute Gasteiger partial charge is 0.494 e. The van der Waals surface area contributed by atoms with Gasteiger partial charge in [0.25, 0.3) is 0 Å². The first-order chi connectivity index (χ1) is 12.2. The van der Waals surface area contributed by atoms with Crippen molar-refractivity contribution in [1.29, 1.82) is 0 Å². The Kier molecular flexibility index (Phi) is 8.25. The zero-order valence-electron chi connectivity index (χ0n) is 14.7. The first-order valence-electron chi connectivity index (χ1n) is 8.54. The summed E-state index contributed by atoms with van der Waals surface area (Å²) >= 11 is 0. The summed E-state index contributed by atoms with van der Waals surface area (Å²) < 4.78 is 11.1. The van der Waals surface area contributed by atoms with Crippen LogP contribution < -0.4 is 9.47 Å². The number of ether oxygens (including phenoxy) is 2. The van der Waals surface area contributed by atoms with Crippen LogP contribution in [0.3, 0.4) is 0 Å². The van der Waals surface area contributed by atoms with Gasteiger partial charge in [-0.3, -0.25) is 4.90 Å². The zero-order chi connectivity index (χ0) is 17.9. The number of aliphatic hydroxyl groups is 2. The highest BCUT2D eigenvalue weighted by Crippen LogP contribution is 2.14. The van der Waals surface area contributed by atoms with E-state index in [9.17, 15) is 5.11 Å². The molecule has 0 heterocycles. The minimum absolute atomic E-state index is 0.138. The van der Waals surface area contributed by atoms with E-state index in [0.29, 0.717) is 19.6 Å².